The molecule has 1 aliphatic heterocycles. The number of hydrogen-bond donors (Lipinski definition) is 1. The summed E-state index contributed by atoms with van der Waals surface area (Å²) in [5.74, 6) is 0.779. The number of aromatic nitrogens is 3. The standard InChI is InChI=1S/C12H16N6S/c13-9-10-1-2-14-11(16-10)17-4-6-18(7-5-17)12-15-3-8-19-12/h1-3,8H,4-7,9,13H2. The van der Waals surface area contributed by atoms with Gasteiger partial charge < -0.3 is 15.5 Å². The summed E-state index contributed by atoms with van der Waals surface area (Å²) in [5, 5.41) is 3.10. The van der Waals surface area contributed by atoms with Gasteiger partial charge in [0.05, 0.1) is 5.69 Å². The quantitative estimate of drug-likeness (QED) is 0.890. The van der Waals surface area contributed by atoms with Crippen molar-refractivity contribution in [2.24, 2.45) is 5.73 Å². The van der Waals surface area contributed by atoms with Crippen LogP contribution in [0.2, 0.25) is 0 Å². The Kier molecular flexibility index (Phi) is 3.56. The first-order valence-corrected chi connectivity index (χ1v) is 7.16. The van der Waals surface area contributed by atoms with E-state index in [0.717, 1.165) is 43.0 Å². The molecule has 100 valence electrons. The van der Waals surface area contributed by atoms with Gasteiger partial charge in [0.25, 0.3) is 0 Å². The van der Waals surface area contributed by atoms with Crippen LogP contribution in [-0.4, -0.2) is 41.1 Å². The highest BCUT2D eigenvalue weighted by molar-refractivity contribution is 7.13. The van der Waals surface area contributed by atoms with Crippen LogP contribution < -0.4 is 15.5 Å². The van der Waals surface area contributed by atoms with Crippen LogP contribution in [0.3, 0.4) is 0 Å². The number of nitrogens with two attached hydrogens (primary N) is 1. The molecule has 0 bridgehead atoms. The average molecular weight is 276 g/mol. The van der Waals surface area contributed by atoms with Gasteiger partial charge in [0.1, 0.15) is 0 Å². The molecule has 0 aliphatic carbocycles. The summed E-state index contributed by atoms with van der Waals surface area (Å²) in [6.45, 7) is 4.17. The van der Waals surface area contributed by atoms with E-state index in [1.165, 1.54) is 0 Å². The number of nitrogens with zero attached hydrogens (tertiary/aromatic N) is 5. The molecule has 2 aromatic heterocycles. The first-order chi connectivity index (χ1) is 9.36. The largest absolute Gasteiger partial charge is 0.345 e. The van der Waals surface area contributed by atoms with E-state index in [1.807, 2.05) is 17.6 Å². The van der Waals surface area contributed by atoms with Gasteiger partial charge in [-0.25, -0.2) is 15.0 Å². The lowest BCUT2D eigenvalue weighted by Crippen LogP contribution is -2.47. The van der Waals surface area contributed by atoms with Crippen molar-refractivity contribution >= 4 is 22.4 Å². The van der Waals surface area contributed by atoms with Crippen LogP contribution in [0.25, 0.3) is 0 Å². The molecule has 3 rings (SSSR count). The van der Waals surface area contributed by atoms with Crippen molar-refractivity contribution in [3.05, 3.63) is 29.5 Å². The summed E-state index contributed by atoms with van der Waals surface area (Å²) < 4.78 is 0. The fraction of sp³-hybridized carbons (Fsp3) is 0.417. The molecular weight excluding hydrogens is 260 g/mol. The second kappa shape index (κ2) is 5.50. The van der Waals surface area contributed by atoms with Gasteiger partial charge >= 0.3 is 0 Å². The van der Waals surface area contributed by atoms with Crippen molar-refractivity contribution in [1.82, 2.24) is 15.0 Å². The van der Waals surface area contributed by atoms with E-state index in [0.29, 0.717) is 6.54 Å². The van der Waals surface area contributed by atoms with E-state index >= 15 is 0 Å². The molecule has 1 saturated heterocycles. The second-order valence-electron chi connectivity index (χ2n) is 4.34. The minimum Gasteiger partial charge on any atom is -0.345 e. The zero-order valence-corrected chi connectivity index (χ0v) is 11.4. The maximum Gasteiger partial charge on any atom is 0.225 e. The van der Waals surface area contributed by atoms with E-state index in [9.17, 15) is 0 Å². The van der Waals surface area contributed by atoms with E-state index in [-0.39, 0.29) is 0 Å². The number of hydrogen-bond acceptors (Lipinski definition) is 7. The predicted octanol–water partition coefficient (Wildman–Crippen LogP) is 0.718. The summed E-state index contributed by atoms with van der Waals surface area (Å²) in [5.41, 5.74) is 6.49. The normalized spacial score (nSPS) is 15.8. The first kappa shape index (κ1) is 12.3. The molecule has 0 aromatic carbocycles. The minimum atomic E-state index is 0.453. The van der Waals surface area contributed by atoms with Gasteiger partial charge in [-0.1, -0.05) is 0 Å². The van der Waals surface area contributed by atoms with Gasteiger partial charge in [-0.3, -0.25) is 0 Å². The lowest BCUT2D eigenvalue weighted by Gasteiger charge is -2.34. The highest BCUT2D eigenvalue weighted by Crippen LogP contribution is 2.20. The van der Waals surface area contributed by atoms with Crippen molar-refractivity contribution in [3.8, 4) is 0 Å². The first-order valence-electron chi connectivity index (χ1n) is 6.28. The van der Waals surface area contributed by atoms with Gasteiger partial charge in [0, 0.05) is 50.5 Å². The lowest BCUT2D eigenvalue weighted by atomic mass is 10.3. The molecule has 0 atom stereocenters. The molecule has 19 heavy (non-hydrogen) atoms. The number of thiazole rings is 1. The van der Waals surface area contributed by atoms with Gasteiger partial charge in [0.2, 0.25) is 5.95 Å². The third kappa shape index (κ3) is 2.66. The van der Waals surface area contributed by atoms with Crippen molar-refractivity contribution in [2.45, 2.75) is 6.54 Å². The number of piperazine rings is 1. The Morgan fingerprint density at radius 2 is 1.89 bits per heavy atom. The van der Waals surface area contributed by atoms with Crippen molar-refractivity contribution in [1.29, 1.82) is 0 Å². The third-order valence-corrected chi connectivity index (χ3v) is 3.99. The van der Waals surface area contributed by atoms with Crippen LogP contribution in [0.5, 0.6) is 0 Å². The molecule has 6 nitrogen and oxygen atoms in total. The van der Waals surface area contributed by atoms with Crippen LogP contribution >= 0.6 is 11.3 Å². The van der Waals surface area contributed by atoms with E-state index in [2.05, 4.69) is 24.8 Å². The Morgan fingerprint density at radius 1 is 1.11 bits per heavy atom. The maximum atomic E-state index is 5.61. The van der Waals surface area contributed by atoms with Gasteiger partial charge in [-0.15, -0.1) is 11.3 Å². The summed E-state index contributed by atoms with van der Waals surface area (Å²) in [6, 6.07) is 1.86. The zero-order valence-electron chi connectivity index (χ0n) is 10.6. The molecule has 7 heteroatoms. The fourth-order valence-electron chi connectivity index (χ4n) is 2.12. The minimum absolute atomic E-state index is 0.453. The SMILES string of the molecule is NCc1ccnc(N2CCN(c3nccs3)CC2)n1. The van der Waals surface area contributed by atoms with Gasteiger partial charge in [0.15, 0.2) is 5.13 Å². The summed E-state index contributed by atoms with van der Waals surface area (Å²) in [4.78, 5) is 17.6. The Hall–Kier alpha value is -1.73. The maximum absolute atomic E-state index is 5.61. The van der Waals surface area contributed by atoms with Crippen molar-refractivity contribution in [3.63, 3.8) is 0 Å². The molecule has 1 fully saturated rings. The van der Waals surface area contributed by atoms with E-state index < -0.39 is 0 Å². The predicted molar refractivity (Wildman–Crippen MR) is 76.5 cm³/mol. The fourth-order valence-corrected chi connectivity index (χ4v) is 2.82. The molecule has 0 amide bonds. The number of anilines is 2. The highest BCUT2D eigenvalue weighted by atomic mass is 32.1. The molecule has 3 heterocycles. The topological polar surface area (TPSA) is 71.2 Å². The monoisotopic (exact) mass is 276 g/mol. The van der Waals surface area contributed by atoms with Crippen LogP contribution in [0, 0.1) is 0 Å². The average Bonchev–Trinajstić information content (AvgIpc) is 3.02. The van der Waals surface area contributed by atoms with Crippen LogP contribution in [0.15, 0.2) is 23.8 Å². The van der Waals surface area contributed by atoms with E-state index in [1.54, 1.807) is 17.5 Å². The molecule has 0 saturated carbocycles. The number of rotatable bonds is 3. The Bertz CT molecular complexity index is 521. The Labute approximate surface area is 115 Å². The Morgan fingerprint density at radius 3 is 2.58 bits per heavy atom. The van der Waals surface area contributed by atoms with Crippen molar-refractivity contribution in [2.75, 3.05) is 36.0 Å². The lowest BCUT2D eigenvalue weighted by molar-refractivity contribution is 0.637. The third-order valence-electron chi connectivity index (χ3n) is 3.16. The smallest absolute Gasteiger partial charge is 0.225 e. The molecule has 1 aliphatic rings. The molecule has 0 unspecified atom stereocenters. The van der Waals surface area contributed by atoms with Crippen molar-refractivity contribution < 1.29 is 0 Å². The second-order valence-corrected chi connectivity index (χ2v) is 5.21. The molecule has 2 aromatic rings. The molecular formula is C12H16N6S. The zero-order chi connectivity index (χ0) is 13.1. The Balaban J connectivity index is 1.66. The van der Waals surface area contributed by atoms with E-state index in [4.69, 9.17) is 5.73 Å². The van der Waals surface area contributed by atoms with Gasteiger partial charge in [-0.2, -0.15) is 0 Å². The highest BCUT2D eigenvalue weighted by Gasteiger charge is 2.20. The molecule has 0 radical (unpaired) electrons. The van der Waals surface area contributed by atoms with Crippen LogP contribution in [-0.2, 0) is 6.54 Å². The summed E-state index contributed by atoms with van der Waals surface area (Å²) in [6.07, 6.45) is 3.62. The molecule has 2 N–H and O–H groups in total. The van der Waals surface area contributed by atoms with Gasteiger partial charge in [-0.05, 0) is 6.07 Å². The van der Waals surface area contributed by atoms with Crippen LogP contribution in [0.4, 0.5) is 11.1 Å². The van der Waals surface area contributed by atoms with Crippen LogP contribution in [0.1, 0.15) is 5.69 Å². The summed E-state index contributed by atoms with van der Waals surface area (Å²) in [7, 11) is 0. The summed E-state index contributed by atoms with van der Waals surface area (Å²) >= 11 is 1.68. The molecule has 0 spiro atoms.